The Hall–Kier alpha value is -1.85. The highest BCUT2D eigenvalue weighted by Crippen LogP contribution is 2.22. The van der Waals surface area contributed by atoms with Crippen molar-refractivity contribution < 1.29 is 9.53 Å². The molecule has 0 radical (unpaired) electrons. The zero-order chi connectivity index (χ0) is 9.26. The maximum Gasteiger partial charge on any atom is 0.376 e. The van der Waals surface area contributed by atoms with Crippen molar-refractivity contribution in [2.45, 2.75) is 6.54 Å². The van der Waals surface area contributed by atoms with Crippen LogP contribution in [0.1, 0.15) is 16.2 Å². The molecular formula is C7H6N4O2. The van der Waals surface area contributed by atoms with Gasteiger partial charge in [0.05, 0.1) is 13.7 Å². The van der Waals surface area contributed by atoms with Gasteiger partial charge in [-0.1, -0.05) is 0 Å². The summed E-state index contributed by atoms with van der Waals surface area (Å²) < 4.78 is 4.46. The van der Waals surface area contributed by atoms with Gasteiger partial charge in [0.2, 0.25) is 5.82 Å². The lowest BCUT2D eigenvalue weighted by atomic mass is 10.3. The summed E-state index contributed by atoms with van der Waals surface area (Å²) in [5, 5.41) is 7.49. The van der Waals surface area contributed by atoms with Gasteiger partial charge in [0.15, 0.2) is 5.82 Å². The van der Waals surface area contributed by atoms with Crippen molar-refractivity contribution in [3.05, 3.63) is 17.6 Å². The highest BCUT2D eigenvalue weighted by Gasteiger charge is 2.15. The fraction of sp³-hybridized carbons (Fsp3) is 0.286. The van der Waals surface area contributed by atoms with E-state index in [1.807, 2.05) is 0 Å². The van der Waals surface area contributed by atoms with Crippen LogP contribution < -0.4 is 0 Å². The largest absolute Gasteiger partial charge is 0.463 e. The Kier molecular flexibility index (Phi) is 1.73. The van der Waals surface area contributed by atoms with E-state index in [1.54, 1.807) is 0 Å². The molecule has 0 aliphatic carbocycles. The van der Waals surface area contributed by atoms with Gasteiger partial charge in [0, 0.05) is 11.8 Å². The average molecular weight is 178 g/mol. The summed E-state index contributed by atoms with van der Waals surface area (Å²) in [5.41, 5.74) is 0.827. The molecule has 0 aromatic carbocycles. The van der Waals surface area contributed by atoms with Crippen LogP contribution in [0.5, 0.6) is 0 Å². The number of methoxy groups -OCH3 is 1. The molecule has 0 unspecified atom stereocenters. The van der Waals surface area contributed by atoms with Crippen LogP contribution in [0.2, 0.25) is 0 Å². The highest BCUT2D eigenvalue weighted by molar-refractivity contribution is 5.85. The van der Waals surface area contributed by atoms with Crippen LogP contribution in [0.15, 0.2) is 16.4 Å². The number of carbonyl (C=O) groups excluding carboxylic acids is 1. The second kappa shape index (κ2) is 2.89. The third-order valence-electron chi connectivity index (χ3n) is 1.62. The van der Waals surface area contributed by atoms with E-state index in [1.165, 1.54) is 13.3 Å². The van der Waals surface area contributed by atoms with Gasteiger partial charge in [-0.25, -0.2) is 14.8 Å². The lowest BCUT2D eigenvalue weighted by Gasteiger charge is -1.97. The summed E-state index contributed by atoms with van der Waals surface area (Å²) in [4.78, 5) is 18.7. The lowest BCUT2D eigenvalue weighted by Crippen LogP contribution is -2.07. The Morgan fingerprint density at radius 1 is 1.62 bits per heavy atom. The molecule has 2 rings (SSSR count). The minimum atomic E-state index is -0.565. The molecule has 6 heteroatoms. The standard InChI is InChI=1S/C7H6N4O2/c1-13-7(12)6-8-2-4-3-9-11-5(4)10-6/h2H,3H2,1H3. The van der Waals surface area contributed by atoms with Crippen LogP contribution in [0, 0.1) is 0 Å². The predicted molar refractivity (Wildman–Crippen MR) is 41.6 cm³/mol. The van der Waals surface area contributed by atoms with Gasteiger partial charge in [-0.05, 0) is 0 Å². The first-order chi connectivity index (χ1) is 6.31. The van der Waals surface area contributed by atoms with Gasteiger partial charge in [0.1, 0.15) is 0 Å². The first-order valence-electron chi connectivity index (χ1n) is 3.63. The van der Waals surface area contributed by atoms with E-state index < -0.39 is 5.97 Å². The Labute approximate surface area is 73.7 Å². The number of ether oxygens (including phenoxy) is 1. The van der Waals surface area contributed by atoms with Gasteiger partial charge in [-0.15, -0.1) is 5.11 Å². The summed E-state index contributed by atoms with van der Waals surface area (Å²) in [6.45, 7) is 0.483. The summed E-state index contributed by atoms with van der Waals surface area (Å²) in [7, 11) is 1.28. The monoisotopic (exact) mass is 178 g/mol. The number of rotatable bonds is 1. The van der Waals surface area contributed by atoms with Gasteiger partial charge in [0.25, 0.3) is 0 Å². The molecule has 1 aliphatic rings. The quantitative estimate of drug-likeness (QED) is 0.597. The van der Waals surface area contributed by atoms with Crippen molar-refractivity contribution in [1.29, 1.82) is 0 Å². The molecule has 0 N–H and O–H groups in total. The minimum absolute atomic E-state index is 0.0158. The molecule has 6 nitrogen and oxygen atoms in total. The van der Waals surface area contributed by atoms with Gasteiger partial charge >= 0.3 is 5.97 Å². The molecule has 66 valence electrons. The zero-order valence-corrected chi connectivity index (χ0v) is 6.89. The van der Waals surface area contributed by atoms with Crippen LogP contribution in [-0.2, 0) is 11.3 Å². The van der Waals surface area contributed by atoms with Crippen molar-refractivity contribution in [2.24, 2.45) is 10.2 Å². The van der Waals surface area contributed by atoms with E-state index in [9.17, 15) is 4.79 Å². The summed E-state index contributed by atoms with van der Waals surface area (Å²) >= 11 is 0. The Morgan fingerprint density at radius 3 is 3.23 bits per heavy atom. The number of nitrogens with zero attached hydrogens (tertiary/aromatic N) is 4. The first-order valence-corrected chi connectivity index (χ1v) is 3.63. The summed E-state index contributed by atoms with van der Waals surface area (Å²) in [6, 6.07) is 0. The third kappa shape index (κ3) is 1.26. The van der Waals surface area contributed by atoms with E-state index in [-0.39, 0.29) is 5.82 Å². The number of carbonyl (C=O) groups is 1. The Morgan fingerprint density at radius 2 is 2.46 bits per heavy atom. The minimum Gasteiger partial charge on any atom is -0.463 e. The smallest absolute Gasteiger partial charge is 0.376 e. The lowest BCUT2D eigenvalue weighted by molar-refractivity contribution is 0.0587. The molecule has 1 aliphatic heterocycles. The molecule has 0 bridgehead atoms. The van der Waals surface area contributed by atoms with Crippen LogP contribution in [0.4, 0.5) is 5.82 Å². The summed E-state index contributed by atoms with van der Waals surface area (Å²) in [5.74, 6) is -0.0950. The van der Waals surface area contributed by atoms with Crippen molar-refractivity contribution in [1.82, 2.24) is 9.97 Å². The number of fused-ring (bicyclic) bond motifs is 1. The van der Waals surface area contributed by atoms with E-state index in [4.69, 9.17) is 0 Å². The van der Waals surface area contributed by atoms with E-state index in [2.05, 4.69) is 24.9 Å². The van der Waals surface area contributed by atoms with E-state index in [0.29, 0.717) is 12.4 Å². The maximum atomic E-state index is 11.0. The molecule has 0 amide bonds. The summed E-state index contributed by atoms with van der Waals surface area (Å²) in [6.07, 6.45) is 1.54. The van der Waals surface area contributed by atoms with Crippen LogP contribution in [-0.4, -0.2) is 23.0 Å². The van der Waals surface area contributed by atoms with E-state index in [0.717, 1.165) is 5.56 Å². The topological polar surface area (TPSA) is 76.8 Å². The van der Waals surface area contributed by atoms with Crippen LogP contribution >= 0.6 is 0 Å². The van der Waals surface area contributed by atoms with Gasteiger partial charge in [-0.3, -0.25) is 0 Å². The second-order valence-electron chi connectivity index (χ2n) is 2.43. The second-order valence-corrected chi connectivity index (χ2v) is 2.43. The highest BCUT2D eigenvalue weighted by atomic mass is 16.5. The molecule has 0 fully saturated rings. The Balaban J connectivity index is 2.40. The van der Waals surface area contributed by atoms with Crippen LogP contribution in [0.25, 0.3) is 0 Å². The number of esters is 1. The van der Waals surface area contributed by atoms with Crippen LogP contribution in [0.3, 0.4) is 0 Å². The number of hydrogen-bond acceptors (Lipinski definition) is 6. The molecular weight excluding hydrogens is 172 g/mol. The van der Waals surface area contributed by atoms with E-state index >= 15 is 0 Å². The average Bonchev–Trinajstić information content (AvgIpc) is 2.63. The number of hydrogen-bond donors (Lipinski definition) is 0. The number of azo groups is 1. The zero-order valence-electron chi connectivity index (χ0n) is 6.89. The fourth-order valence-corrected chi connectivity index (χ4v) is 0.964. The first kappa shape index (κ1) is 7.78. The molecule has 13 heavy (non-hydrogen) atoms. The Bertz CT molecular complexity index is 388. The van der Waals surface area contributed by atoms with Crippen molar-refractivity contribution >= 4 is 11.8 Å². The molecule has 1 aromatic rings. The maximum absolute atomic E-state index is 11.0. The normalized spacial score (nSPS) is 12.7. The molecule has 2 heterocycles. The fourth-order valence-electron chi connectivity index (χ4n) is 0.964. The molecule has 0 atom stereocenters. The van der Waals surface area contributed by atoms with Crippen molar-refractivity contribution in [3.63, 3.8) is 0 Å². The molecule has 0 spiro atoms. The van der Waals surface area contributed by atoms with Gasteiger partial charge in [-0.2, -0.15) is 5.11 Å². The predicted octanol–water partition coefficient (Wildman–Crippen LogP) is 0.861. The molecule has 1 aromatic heterocycles. The van der Waals surface area contributed by atoms with Crippen molar-refractivity contribution in [2.75, 3.05) is 7.11 Å². The van der Waals surface area contributed by atoms with Gasteiger partial charge < -0.3 is 4.74 Å². The SMILES string of the molecule is COC(=O)c1ncc2c(n1)N=NC2. The molecule has 0 saturated heterocycles. The third-order valence-corrected chi connectivity index (χ3v) is 1.62. The molecule has 0 saturated carbocycles. The van der Waals surface area contributed by atoms with Crippen molar-refractivity contribution in [3.8, 4) is 0 Å². The number of aromatic nitrogens is 2.